The Balaban J connectivity index is 1.46. The third kappa shape index (κ3) is 6.52. The van der Waals surface area contributed by atoms with Crippen LogP contribution in [0.3, 0.4) is 0 Å². The third-order valence-corrected chi connectivity index (χ3v) is 8.52. The number of benzene rings is 1. The van der Waals surface area contributed by atoms with E-state index >= 15 is 0 Å². The summed E-state index contributed by atoms with van der Waals surface area (Å²) >= 11 is 0. The minimum absolute atomic E-state index is 0.106. The van der Waals surface area contributed by atoms with E-state index in [1.54, 1.807) is 5.57 Å². The fraction of sp³-hybridized carbons (Fsp3) is 0.633. The first-order valence-electron chi connectivity index (χ1n) is 13.0. The van der Waals surface area contributed by atoms with Crippen LogP contribution in [0.2, 0.25) is 0 Å². The number of rotatable bonds is 8. The molecule has 1 amide bonds. The normalized spacial score (nSPS) is 27.8. The molecule has 0 unspecified atom stereocenters. The fourth-order valence-corrected chi connectivity index (χ4v) is 6.64. The second-order valence-corrected chi connectivity index (χ2v) is 11.5. The molecule has 3 heteroatoms. The van der Waals surface area contributed by atoms with Gasteiger partial charge in [0.05, 0.1) is 0 Å². The molecule has 0 aromatic heterocycles. The zero-order valence-electron chi connectivity index (χ0n) is 21.7. The maximum absolute atomic E-state index is 12.1. The highest BCUT2D eigenvalue weighted by atomic mass is 16.6. The number of para-hydroxylation sites is 1. The molecule has 0 heterocycles. The predicted octanol–water partition coefficient (Wildman–Crippen LogP) is 8.93. The fourth-order valence-electron chi connectivity index (χ4n) is 6.64. The summed E-state index contributed by atoms with van der Waals surface area (Å²) in [7, 11) is 0. The zero-order valence-corrected chi connectivity index (χ0v) is 21.7. The molecule has 2 aliphatic carbocycles. The summed E-state index contributed by atoms with van der Waals surface area (Å²) in [6.45, 7) is 14.2. The van der Waals surface area contributed by atoms with Gasteiger partial charge in [0, 0.05) is 5.69 Å². The van der Waals surface area contributed by atoms with E-state index in [1.165, 1.54) is 37.7 Å². The SMILES string of the molecule is CC1=CC[C@@H]2C(C)(C)CCC[C@]2(C)[C@H]1CC/C(C)=C/CC[C@@H](C)OC(=O)Nc1ccccc1. The van der Waals surface area contributed by atoms with Crippen molar-refractivity contribution < 1.29 is 9.53 Å². The minimum atomic E-state index is -0.382. The summed E-state index contributed by atoms with van der Waals surface area (Å²) in [5.74, 6) is 1.50. The van der Waals surface area contributed by atoms with E-state index in [9.17, 15) is 4.79 Å². The van der Waals surface area contributed by atoms with Crippen molar-refractivity contribution in [3.8, 4) is 0 Å². The van der Waals surface area contributed by atoms with Crippen LogP contribution in [0.4, 0.5) is 10.5 Å². The molecule has 33 heavy (non-hydrogen) atoms. The van der Waals surface area contributed by atoms with Gasteiger partial charge in [-0.3, -0.25) is 5.32 Å². The average molecular weight is 452 g/mol. The van der Waals surface area contributed by atoms with E-state index in [1.807, 2.05) is 37.3 Å². The quantitative estimate of drug-likeness (QED) is 0.401. The highest BCUT2D eigenvalue weighted by Gasteiger charge is 2.51. The van der Waals surface area contributed by atoms with E-state index in [2.05, 4.69) is 52.1 Å². The molecule has 182 valence electrons. The molecular formula is C30H45NO2. The van der Waals surface area contributed by atoms with Crippen LogP contribution >= 0.6 is 0 Å². The van der Waals surface area contributed by atoms with Crippen molar-refractivity contribution in [2.24, 2.45) is 22.7 Å². The van der Waals surface area contributed by atoms with Crippen molar-refractivity contribution >= 4 is 11.8 Å². The molecule has 1 aromatic carbocycles. The van der Waals surface area contributed by atoms with Crippen molar-refractivity contribution in [3.63, 3.8) is 0 Å². The summed E-state index contributed by atoms with van der Waals surface area (Å²) in [5.41, 5.74) is 4.73. The maximum atomic E-state index is 12.1. The Morgan fingerprint density at radius 3 is 2.67 bits per heavy atom. The second kappa shape index (κ2) is 10.9. The monoisotopic (exact) mass is 451 g/mol. The molecule has 0 radical (unpaired) electrons. The molecule has 1 N–H and O–H groups in total. The maximum Gasteiger partial charge on any atom is 0.411 e. The largest absolute Gasteiger partial charge is 0.446 e. The minimum Gasteiger partial charge on any atom is -0.446 e. The number of hydrogen-bond donors (Lipinski definition) is 1. The van der Waals surface area contributed by atoms with E-state index in [0.717, 1.165) is 30.9 Å². The molecular weight excluding hydrogens is 406 g/mol. The molecule has 0 spiro atoms. The Morgan fingerprint density at radius 2 is 1.94 bits per heavy atom. The number of allylic oxidation sites excluding steroid dienone is 4. The molecule has 1 saturated carbocycles. The molecule has 1 aromatic rings. The molecule has 2 aliphatic rings. The van der Waals surface area contributed by atoms with Gasteiger partial charge in [-0.2, -0.15) is 0 Å². The number of fused-ring (bicyclic) bond motifs is 1. The van der Waals surface area contributed by atoms with Crippen LogP contribution in [0.15, 0.2) is 53.6 Å². The lowest BCUT2D eigenvalue weighted by Crippen LogP contribution is -2.48. The Morgan fingerprint density at radius 1 is 1.21 bits per heavy atom. The highest BCUT2D eigenvalue weighted by Crippen LogP contribution is 2.60. The molecule has 0 bridgehead atoms. The highest BCUT2D eigenvalue weighted by molar-refractivity contribution is 5.84. The zero-order chi connectivity index (χ0) is 24.1. The third-order valence-electron chi connectivity index (χ3n) is 8.52. The van der Waals surface area contributed by atoms with Crippen molar-refractivity contribution in [2.45, 2.75) is 99.0 Å². The molecule has 1 fully saturated rings. The first-order valence-corrected chi connectivity index (χ1v) is 13.0. The van der Waals surface area contributed by atoms with Gasteiger partial charge in [-0.05, 0) is 101 Å². The Hall–Kier alpha value is -2.03. The first kappa shape index (κ1) is 25.6. The van der Waals surface area contributed by atoms with Crippen LogP contribution in [-0.2, 0) is 4.74 Å². The van der Waals surface area contributed by atoms with Crippen molar-refractivity contribution in [1.29, 1.82) is 0 Å². The van der Waals surface area contributed by atoms with E-state index in [0.29, 0.717) is 16.7 Å². The summed E-state index contributed by atoms with van der Waals surface area (Å²) < 4.78 is 5.51. The molecule has 3 nitrogen and oxygen atoms in total. The van der Waals surface area contributed by atoms with Crippen molar-refractivity contribution in [1.82, 2.24) is 0 Å². The van der Waals surface area contributed by atoms with Gasteiger partial charge in [0.15, 0.2) is 0 Å². The number of anilines is 1. The van der Waals surface area contributed by atoms with E-state index in [4.69, 9.17) is 4.74 Å². The van der Waals surface area contributed by atoms with Gasteiger partial charge >= 0.3 is 6.09 Å². The van der Waals surface area contributed by atoms with Gasteiger partial charge < -0.3 is 4.74 Å². The van der Waals surface area contributed by atoms with Gasteiger partial charge in [0.1, 0.15) is 6.10 Å². The van der Waals surface area contributed by atoms with Gasteiger partial charge in [0.2, 0.25) is 0 Å². The number of carbonyl (C=O) groups is 1. The summed E-state index contributed by atoms with van der Waals surface area (Å²) in [6, 6.07) is 9.43. The lowest BCUT2D eigenvalue weighted by atomic mass is 9.48. The first-order chi connectivity index (χ1) is 15.6. The van der Waals surface area contributed by atoms with Crippen LogP contribution in [0.25, 0.3) is 0 Å². The standard InChI is InChI=1S/C30H45NO2/c1-22(12-10-13-24(3)33-28(32)31-25-14-8-7-9-15-25)16-18-26-23(2)17-19-27-29(4,5)20-11-21-30(26,27)6/h7-9,12,14-15,17,24,26-27H,10-11,13,16,18-21H2,1-6H3,(H,31,32)/b22-12+/t24-,26+,27-,30-/m1/s1. The van der Waals surface area contributed by atoms with Crippen LogP contribution < -0.4 is 5.32 Å². The second-order valence-electron chi connectivity index (χ2n) is 11.5. The van der Waals surface area contributed by atoms with Gasteiger partial charge in [-0.1, -0.05) is 68.7 Å². The Kier molecular flexibility index (Phi) is 8.48. The lowest BCUT2D eigenvalue weighted by molar-refractivity contribution is -0.0390. The number of nitrogens with one attached hydrogen (secondary N) is 1. The van der Waals surface area contributed by atoms with Crippen LogP contribution in [0.5, 0.6) is 0 Å². The Bertz CT molecular complexity index is 853. The summed E-state index contributed by atoms with van der Waals surface area (Å²) in [4.78, 5) is 12.1. The van der Waals surface area contributed by atoms with E-state index in [-0.39, 0.29) is 12.2 Å². The number of hydrogen-bond acceptors (Lipinski definition) is 2. The van der Waals surface area contributed by atoms with Crippen molar-refractivity contribution in [3.05, 3.63) is 53.6 Å². The Labute approximate surface area is 202 Å². The summed E-state index contributed by atoms with van der Waals surface area (Å²) in [5, 5.41) is 2.78. The van der Waals surface area contributed by atoms with E-state index < -0.39 is 0 Å². The van der Waals surface area contributed by atoms with Crippen LogP contribution in [0, 0.1) is 22.7 Å². The number of amides is 1. The number of carbonyl (C=O) groups excluding carboxylic acids is 1. The van der Waals surface area contributed by atoms with Gasteiger partial charge in [-0.25, -0.2) is 4.79 Å². The lowest BCUT2D eigenvalue weighted by Gasteiger charge is -2.57. The molecule has 4 atom stereocenters. The van der Waals surface area contributed by atoms with Crippen LogP contribution in [0.1, 0.15) is 92.9 Å². The average Bonchev–Trinajstić information content (AvgIpc) is 2.73. The molecule has 0 aliphatic heterocycles. The summed E-state index contributed by atoms with van der Waals surface area (Å²) in [6.07, 6.45) is 14.0. The van der Waals surface area contributed by atoms with Crippen molar-refractivity contribution in [2.75, 3.05) is 5.32 Å². The molecule has 3 rings (SSSR count). The van der Waals surface area contributed by atoms with Crippen LogP contribution in [-0.4, -0.2) is 12.2 Å². The topological polar surface area (TPSA) is 38.3 Å². The predicted molar refractivity (Wildman–Crippen MR) is 139 cm³/mol. The smallest absolute Gasteiger partial charge is 0.411 e. The molecule has 0 saturated heterocycles. The number of ether oxygens (including phenoxy) is 1. The van der Waals surface area contributed by atoms with Gasteiger partial charge in [-0.15, -0.1) is 0 Å². The van der Waals surface area contributed by atoms with Gasteiger partial charge in [0.25, 0.3) is 0 Å².